The van der Waals surface area contributed by atoms with Crippen molar-refractivity contribution in [1.82, 2.24) is 103 Å². The third kappa shape index (κ3) is 22.7. The largest absolute Gasteiger partial charge is 2.00 e. The van der Waals surface area contributed by atoms with Crippen LogP contribution in [0.4, 0.5) is 5.82 Å². The van der Waals surface area contributed by atoms with Crippen molar-refractivity contribution in [2.75, 3.05) is 33.4 Å². The third-order valence-electron chi connectivity index (χ3n) is 25.0. The fourth-order valence-electron chi connectivity index (χ4n) is 18.3. The number of benzene rings is 4. The number of aliphatic hydroxyl groups is 5. The minimum atomic E-state index is -1.68. The number of Topliss-reactive ketones (excluding diaryl/α,β-unsaturated/α-hetero) is 1. The van der Waals surface area contributed by atoms with Crippen molar-refractivity contribution in [2.24, 2.45) is 0 Å². The first-order valence-corrected chi connectivity index (χ1v) is 49.2. The molecule has 9 saturated heterocycles. The van der Waals surface area contributed by atoms with Crippen molar-refractivity contribution in [2.45, 2.75) is 226 Å². The molecular weight excluding hydrogens is 2280 g/mol. The number of aromatic nitrogens is 20. The monoisotopic (exact) mass is 2360 g/mol. The molecular formula is C91H89BrCl12MgN22O22. The van der Waals surface area contributed by atoms with Gasteiger partial charge in [0.15, 0.2) is 132 Å². The molecule has 10 aromatic heterocycles. The number of rotatable bonds is 16. The molecule has 0 unspecified atom stereocenters. The van der Waals surface area contributed by atoms with Crippen LogP contribution in [0.25, 0.3) is 55.8 Å². The summed E-state index contributed by atoms with van der Waals surface area (Å²) >= 11 is 71.8. The molecule has 9 aliphatic rings. The minimum absolute atomic E-state index is 0. The number of ether oxygens (including phenoxy) is 13. The molecule has 1 amide bonds. The van der Waals surface area contributed by atoms with E-state index in [-0.39, 0.29) is 101 Å². The quantitative estimate of drug-likeness (QED) is 0.0172. The topological polar surface area (TPSA) is 507 Å². The van der Waals surface area contributed by atoms with E-state index in [1.165, 1.54) is 102 Å². The predicted molar refractivity (Wildman–Crippen MR) is 535 cm³/mol. The number of amides is 1. The van der Waals surface area contributed by atoms with Crippen LogP contribution in [0.2, 0.25) is 60.8 Å². The molecule has 19 heterocycles. The zero-order valence-electron chi connectivity index (χ0n) is 80.1. The zero-order chi connectivity index (χ0) is 105. The summed E-state index contributed by atoms with van der Waals surface area (Å²) in [5.74, 6) is -3.68. The number of carbonyl (C=O) groups excluding carboxylic acids is 2. The number of aliphatic hydroxyl groups excluding tert-OH is 3. The number of fused-ring (bicyclic) bond motifs is 9. The number of likely N-dealkylation sites (N-methyl/N-ethyl adjacent to an activating group) is 1. The summed E-state index contributed by atoms with van der Waals surface area (Å²) in [6, 6.07) is 22.1. The van der Waals surface area contributed by atoms with Gasteiger partial charge >= 0.3 is 23.1 Å². The van der Waals surface area contributed by atoms with Crippen molar-refractivity contribution in [3.05, 3.63) is 220 Å². The number of imidazole rings is 5. The maximum atomic E-state index is 13.3. The number of nitrogens with one attached hydrogen (secondary N) is 1. The van der Waals surface area contributed by atoms with Crippen LogP contribution in [-0.4, -0.2) is 306 Å². The van der Waals surface area contributed by atoms with Gasteiger partial charge in [0.1, 0.15) is 144 Å². The van der Waals surface area contributed by atoms with Crippen molar-refractivity contribution in [3.8, 4) is 0 Å². The molecule has 9 aliphatic heterocycles. The summed E-state index contributed by atoms with van der Waals surface area (Å²) in [4.78, 5) is 98.0. The average Bonchev–Trinajstić information content (AvgIpc) is 1.58. The fraction of sp³-hybridized carbons (Fsp3) is 0.440. The number of hydroxylamine groups is 2. The van der Waals surface area contributed by atoms with Gasteiger partial charge in [-0.1, -0.05) is 138 Å². The second-order valence-electron chi connectivity index (χ2n) is 36.5. The number of ketones is 1. The smallest absolute Gasteiger partial charge is 1.00 e. The van der Waals surface area contributed by atoms with Crippen LogP contribution in [0.5, 0.6) is 0 Å². The van der Waals surface area contributed by atoms with Gasteiger partial charge in [0, 0.05) is 12.6 Å². The van der Waals surface area contributed by atoms with Gasteiger partial charge in [0.05, 0.1) is 82.6 Å². The minimum Gasteiger partial charge on any atom is -1.00 e. The first-order chi connectivity index (χ1) is 69.7. The summed E-state index contributed by atoms with van der Waals surface area (Å²) in [6.45, 7) is 17.4. The van der Waals surface area contributed by atoms with E-state index in [0.717, 1.165) is 5.06 Å². The molecule has 9 fully saturated rings. The third-order valence-corrected chi connectivity index (χ3v) is 29.0. The van der Waals surface area contributed by atoms with Crippen LogP contribution < -0.4 is 22.5 Å². The molecule has 6 N–H and O–H groups in total. The number of halogens is 13. The maximum Gasteiger partial charge on any atom is 2.00 e. The Hall–Kier alpha value is -7.50. The Morgan fingerprint density at radius 3 is 1.18 bits per heavy atom. The van der Waals surface area contributed by atoms with Crippen LogP contribution >= 0.6 is 139 Å². The number of anilines is 1. The van der Waals surface area contributed by atoms with Gasteiger partial charge < -0.3 is 104 Å². The van der Waals surface area contributed by atoms with Gasteiger partial charge in [-0.2, -0.15) is 35.9 Å². The average molecular weight is 2370 g/mol. The Kier molecular flexibility index (Phi) is 34.7. The SMILES string of the molecule is CC1(C)O[C@@H]2[C@H](O1)[C@@H](C(=O)c1ccc(Cl)c(Cl)c1)O[C@H]2n1cnc2c(Cl)ncnc21.CC1(C)O[C@@H]2[C@H](O1)[C@@H](CO)O[C@H]2n1cnc2c(Cl)ncnc21.CC1(C)O[C@@H]2[C@H](O1)[C@@H]([C@](C)(O)c1ccc(Cl)c(Cl)c1)O[C@H]2n1cnc2c(Cl)ncnc21.CON(C)C(=O)[C@H]1O[C@@H](n2cnc3c(Cl)ncnc32)[C@@H]2OC(C)(C)O[C@@H]21.CONc1ncnc2c1ncn2[C@@H]1O[C@H]([C@](C)(O)c2ccc(Cl)c(Cl)c2)[C@@H](O)[C@H]1O.Clc1c[c-]ccc1Cl.[Br-].[Mg+2]. The molecule has 4 aromatic carbocycles. The van der Waals surface area contributed by atoms with E-state index in [1.54, 1.807) is 120 Å². The molecule has 0 aliphatic carbocycles. The van der Waals surface area contributed by atoms with E-state index >= 15 is 0 Å². The Balaban J connectivity index is 0.000000130. The van der Waals surface area contributed by atoms with E-state index in [1.807, 2.05) is 27.7 Å². The van der Waals surface area contributed by atoms with Crippen molar-refractivity contribution in [3.63, 3.8) is 0 Å². The van der Waals surface area contributed by atoms with Gasteiger partial charge in [-0.25, -0.2) is 85.3 Å². The Morgan fingerprint density at radius 1 is 0.416 bits per heavy atom. The summed E-state index contributed by atoms with van der Waals surface area (Å²) in [6.07, 6.45) is -0.439. The predicted octanol–water partition coefficient (Wildman–Crippen LogP) is 11.1. The molecule has 22 atom stereocenters. The molecule has 0 radical (unpaired) electrons. The van der Waals surface area contributed by atoms with Gasteiger partial charge in [-0.15, -0.1) is 11.6 Å². The normalized spacial score (nSPS) is 27.5. The van der Waals surface area contributed by atoms with Crippen molar-refractivity contribution < 1.29 is 123 Å². The second-order valence-corrected chi connectivity index (χ2v) is 41.2. The molecule has 23 rings (SSSR count). The molecule has 0 bridgehead atoms. The second kappa shape index (κ2) is 45.4. The van der Waals surface area contributed by atoms with Crippen LogP contribution in [0, 0.1) is 6.07 Å². The Bertz CT molecular complexity index is 7260. The van der Waals surface area contributed by atoms with Crippen molar-refractivity contribution in [1.29, 1.82) is 0 Å². The molecule has 14 aromatic rings. The first kappa shape index (κ1) is 114. The molecule has 788 valence electrons. The molecule has 0 spiro atoms. The standard InChI is InChI=1S/C20H19Cl3N4O4.C19H15Cl3N4O4.C18H19Cl2N5O5.C15H18ClN5O5.C13H15ClN4O4.C6H3Cl2.BrH.Mg/c1-19(2)30-13-14(31-19)18(27-8-26-12-16(23)24-7-25-17(12)27)29-15(13)20(3,28)9-4-5-10(21)11(22)6-9;1-19(2)29-14-13(12(27)8-3-4-9(20)10(21)5-8)28-18(15(14)30-19)26-7-25-11-16(22)23-6-24-17(11)26;1-18(28,8-3-4-9(19)10(20)5-8)14-12(26)13(27)17(30-14)25-7-23-11-15(24-29-2)21-6-22-16(11)25;1-15(2)25-8-9(13(22)20(3)23-4)24-14(10(8)26-15)21-6-19-7-11(16)17-5-18-12(7)21;1-13(2)21-8-6(3-19)20-12(9(8)22-13)18-5-17-7-10(14)15-4-16-11(7)18;7-5-3-1-2-4-6(5)8;;/h4-8,13-15,18,28H,1-3H3;3-7,13-15,18H,1-2H3;3-7,12-14,17,26-28H,1-2H3,(H,21,22,24);5-6,8-10,14H,1-4H3;4-6,8-9,12,19H,3H2,1-2H3;1,3-4H;1H;/q;;;;;-1;;+2/p-1/t13-,14+,15-,18+,20+;13-,14-,15-,18-;12-,13+,14-,17+,18+;8-,9+,10-,14-;6-,8-,9-,12-;;;/m01011.../s1. The number of nitrogens with zero attached hydrogens (tertiary/aromatic N) is 21. The number of hydrogen-bond donors (Lipinski definition) is 6. The Morgan fingerprint density at radius 2 is 0.765 bits per heavy atom. The number of hydrogen-bond acceptors (Lipinski definition) is 38. The van der Waals surface area contributed by atoms with E-state index in [9.17, 15) is 35.1 Å². The van der Waals surface area contributed by atoms with Crippen LogP contribution in [0.3, 0.4) is 0 Å². The van der Waals surface area contributed by atoms with Crippen LogP contribution in [-0.2, 0) is 87.3 Å². The van der Waals surface area contributed by atoms with Crippen LogP contribution in [0.1, 0.15) is 122 Å². The van der Waals surface area contributed by atoms with E-state index in [2.05, 4.69) is 86.3 Å². The maximum absolute atomic E-state index is 13.3. The number of carbonyl (C=O) groups is 2. The first-order valence-electron chi connectivity index (χ1n) is 44.6. The van der Waals surface area contributed by atoms with Crippen molar-refractivity contribution >= 4 is 236 Å². The van der Waals surface area contributed by atoms with Gasteiger partial charge in [0.25, 0.3) is 5.91 Å². The molecule has 44 nitrogen and oxygen atoms in total. The van der Waals surface area contributed by atoms with E-state index < -0.39 is 145 Å². The van der Waals surface area contributed by atoms with E-state index in [0.29, 0.717) is 108 Å². The summed E-state index contributed by atoms with van der Waals surface area (Å²) in [5, 5.41) is 58.7. The van der Waals surface area contributed by atoms with Gasteiger partial charge in [-0.05, 0) is 123 Å². The van der Waals surface area contributed by atoms with Gasteiger partial charge in [0.2, 0.25) is 0 Å². The fourth-order valence-corrected chi connectivity index (χ4v) is 20.2. The van der Waals surface area contributed by atoms with Crippen LogP contribution in [0.15, 0.2) is 136 Å². The molecule has 0 saturated carbocycles. The van der Waals surface area contributed by atoms with Gasteiger partial charge in [-0.3, -0.25) is 42.1 Å². The van der Waals surface area contributed by atoms with E-state index in [4.69, 9.17) is 210 Å². The molecule has 58 heteroatoms. The summed E-state index contributed by atoms with van der Waals surface area (Å²) in [7, 11) is 4.34. The zero-order valence-corrected chi connectivity index (χ0v) is 92.2. The Labute approximate surface area is 933 Å². The summed E-state index contributed by atoms with van der Waals surface area (Å²) < 4.78 is 86.7. The summed E-state index contributed by atoms with van der Waals surface area (Å²) in [5.41, 5.74) is 5.26. The molecule has 149 heavy (non-hydrogen) atoms.